The van der Waals surface area contributed by atoms with Crippen LogP contribution in [0.15, 0.2) is 18.2 Å². The minimum Gasteiger partial charge on any atom is -0.451 e. The van der Waals surface area contributed by atoms with Gasteiger partial charge in [-0.1, -0.05) is 23.2 Å². The van der Waals surface area contributed by atoms with Crippen LogP contribution in [0.1, 0.15) is 6.92 Å². The number of nitrogens with one attached hydrogen (secondary N) is 1. The standard InChI is InChI=1S/C12H13Cl2NO4/c1-7(19-11(16)6-18-2)12(17)15-10-4-3-8(13)5-9(10)14/h3-5,7H,6H2,1-2H3,(H,15,17)/t7-/m1/s1. The van der Waals surface area contributed by atoms with Gasteiger partial charge >= 0.3 is 5.97 Å². The van der Waals surface area contributed by atoms with Crippen LogP contribution in [0.3, 0.4) is 0 Å². The fourth-order valence-electron chi connectivity index (χ4n) is 1.23. The molecule has 0 heterocycles. The van der Waals surface area contributed by atoms with E-state index < -0.39 is 18.0 Å². The molecule has 0 saturated carbocycles. The van der Waals surface area contributed by atoms with Crippen molar-refractivity contribution >= 4 is 40.8 Å². The number of esters is 1. The van der Waals surface area contributed by atoms with Crippen molar-refractivity contribution in [2.24, 2.45) is 0 Å². The lowest BCUT2D eigenvalue weighted by Crippen LogP contribution is -2.31. The van der Waals surface area contributed by atoms with Crippen molar-refractivity contribution in [3.05, 3.63) is 28.2 Å². The minimum atomic E-state index is -0.950. The highest BCUT2D eigenvalue weighted by molar-refractivity contribution is 6.36. The second-order valence-electron chi connectivity index (χ2n) is 3.68. The summed E-state index contributed by atoms with van der Waals surface area (Å²) in [4.78, 5) is 22.9. The molecule has 0 aliphatic heterocycles. The quantitative estimate of drug-likeness (QED) is 0.849. The first-order valence-electron chi connectivity index (χ1n) is 5.38. The van der Waals surface area contributed by atoms with Crippen molar-refractivity contribution in [3.8, 4) is 0 Å². The third kappa shape index (κ3) is 5.06. The summed E-state index contributed by atoms with van der Waals surface area (Å²) in [6, 6.07) is 4.65. The van der Waals surface area contributed by atoms with Crippen molar-refractivity contribution in [1.82, 2.24) is 0 Å². The van der Waals surface area contributed by atoms with Gasteiger partial charge in [-0.2, -0.15) is 0 Å². The van der Waals surface area contributed by atoms with Gasteiger partial charge < -0.3 is 14.8 Å². The Labute approximate surface area is 120 Å². The van der Waals surface area contributed by atoms with Crippen LogP contribution >= 0.6 is 23.2 Å². The molecule has 1 atom stereocenters. The number of rotatable bonds is 5. The smallest absolute Gasteiger partial charge is 0.332 e. The molecule has 0 bridgehead atoms. The lowest BCUT2D eigenvalue weighted by Gasteiger charge is -2.14. The summed E-state index contributed by atoms with van der Waals surface area (Å²) in [5.74, 6) is -1.11. The Kier molecular flexibility index (Phi) is 6.08. The van der Waals surface area contributed by atoms with Gasteiger partial charge in [-0.25, -0.2) is 4.79 Å². The average molecular weight is 306 g/mol. The van der Waals surface area contributed by atoms with Crippen LogP contribution in [-0.2, 0) is 19.1 Å². The monoisotopic (exact) mass is 305 g/mol. The van der Waals surface area contributed by atoms with E-state index >= 15 is 0 Å². The van der Waals surface area contributed by atoms with Crippen molar-refractivity contribution in [1.29, 1.82) is 0 Å². The number of methoxy groups -OCH3 is 1. The van der Waals surface area contributed by atoms with Crippen LogP contribution in [0.2, 0.25) is 10.0 Å². The third-order valence-electron chi connectivity index (χ3n) is 2.13. The number of carbonyl (C=O) groups is 2. The molecule has 5 nitrogen and oxygen atoms in total. The first kappa shape index (κ1) is 15.8. The zero-order valence-electron chi connectivity index (χ0n) is 10.4. The number of hydrogen-bond acceptors (Lipinski definition) is 4. The highest BCUT2D eigenvalue weighted by Gasteiger charge is 2.18. The first-order valence-corrected chi connectivity index (χ1v) is 6.14. The number of benzene rings is 1. The Balaban J connectivity index is 2.61. The maximum atomic E-state index is 11.8. The van der Waals surface area contributed by atoms with Crippen LogP contribution < -0.4 is 5.32 Å². The molecule has 0 fully saturated rings. The van der Waals surface area contributed by atoms with Crippen molar-refractivity contribution in [2.75, 3.05) is 19.0 Å². The molecule has 1 aromatic carbocycles. The van der Waals surface area contributed by atoms with Gasteiger partial charge in [-0.15, -0.1) is 0 Å². The van der Waals surface area contributed by atoms with Gasteiger partial charge in [0.05, 0.1) is 10.7 Å². The summed E-state index contributed by atoms with van der Waals surface area (Å²) in [6.45, 7) is 1.24. The molecule has 0 saturated heterocycles. The fourth-order valence-corrected chi connectivity index (χ4v) is 1.68. The maximum Gasteiger partial charge on any atom is 0.332 e. The van der Waals surface area contributed by atoms with Crippen LogP contribution in [0.5, 0.6) is 0 Å². The molecule has 19 heavy (non-hydrogen) atoms. The lowest BCUT2D eigenvalue weighted by molar-refractivity contribution is -0.156. The van der Waals surface area contributed by atoms with Gasteiger partial charge in [-0.3, -0.25) is 4.79 Å². The number of anilines is 1. The maximum absolute atomic E-state index is 11.8. The molecular formula is C12H13Cl2NO4. The van der Waals surface area contributed by atoms with E-state index in [1.54, 1.807) is 12.1 Å². The molecule has 0 spiro atoms. The average Bonchev–Trinajstić information content (AvgIpc) is 2.32. The lowest BCUT2D eigenvalue weighted by atomic mass is 10.3. The predicted molar refractivity (Wildman–Crippen MR) is 72.5 cm³/mol. The van der Waals surface area contributed by atoms with E-state index in [2.05, 4.69) is 10.1 Å². The second kappa shape index (κ2) is 7.33. The van der Waals surface area contributed by atoms with Gasteiger partial charge in [0.25, 0.3) is 5.91 Å². The van der Waals surface area contributed by atoms with E-state index in [-0.39, 0.29) is 6.61 Å². The summed E-state index contributed by atoms with van der Waals surface area (Å²) >= 11 is 11.6. The molecule has 0 unspecified atom stereocenters. The van der Waals surface area contributed by atoms with Crippen molar-refractivity contribution in [3.63, 3.8) is 0 Å². The van der Waals surface area contributed by atoms with Crippen LogP contribution in [0, 0.1) is 0 Å². The number of ether oxygens (including phenoxy) is 2. The topological polar surface area (TPSA) is 64.6 Å². The zero-order chi connectivity index (χ0) is 14.4. The van der Waals surface area contributed by atoms with E-state index in [1.165, 1.54) is 20.1 Å². The zero-order valence-corrected chi connectivity index (χ0v) is 11.9. The van der Waals surface area contributed by atoms with Crippen LogP contribution in [0.25, 0.3) is 0 Å². The molecular weight excluding hydrogens is 293 g/mol. The van der Waals surface area contributed by atoms with E-state index in [0.29, 0.717) is 15.7 Å². The molecule has 1 amide bonds. The SMILES string of the molecule is COCC(=O)O[C@H](C)C(=O)Nc1ccc(Cl)cc1Cl. The van der Waals surface area contributed by atoms with E-state index in [0.717, 1.165) is 0 Å². The van der Waals surface area contributed by atoms with Gasteiger partial charge in [0, 0.05) is 12.1 Å². The molecule has 1 aromatic rings. The van der Waals surface area contributed by atoms with E-state index in [9.17, 15) is 9.59 Å². The molecule has 0 radical (unpaired) electrons. The Morgan fingerprint density at radius 3 is 2.63 bits per heavy atom. The molecule has 1 rings (SSSR count). The summed E-state index contributed by atoms with van der Waals surface area (Å²) in [6.07, 6.45) is -0.950. The third-order valence-corrected chi connectivity index (χ3v) is 2.68. The largest absolute Gasteiger partial charge is 0.451 e. The molecule has 1 N–H and O–H groups in total. The van der Waals surface area contributed by atoms with Gasteiger partial charge in [-0.05, 0) is 25.1 Å². The number of amides is 1. The summed E-state index contributed by atoms with van der Waals surface area (Å²) in [7, 11) is 1.36. The van der Waals surface area contributed by atoms with E-state index in [4.69, 9.17) is 27.9 Å². The first-order chi connectivity index (χ1) is 8.93. The Bertz CT molecular complexity index is 479. The highest BCUT2D eigenvalue weighted by Crippen LogP contribution is 2.25. The molecule has 0 aliphatic carbocycles. The summed E-state index contributed by atoms with van der Waals surface area (Å²) < 4.78 is 9.44. The van der Waals surface area contributed by atoms with Gasteiger partial charge in [0.15, 0.2) is 6.10 Å². The Hall–Kier alpha value is -1.30. The number of carbonyl (C=O) groups excluding carboxylic acids is 2. The van der Waals surface area contributed by atoms with Gasteiger partial charge in [0.2, 0.25) is 0 Å². The molecule has 0 aromatic heterocycles. The number of hydrogen-bond donors (Lipinski definition) is 1. The Morgan fingerprint density at radius 2 is 2.05 bits per heavy atom. The summed E-state index contributed by atoms with van der Waals surface area (Å²) in [5.41, 5.74) is 0.394. The molecule has 104 valence electrons. The predicted octanol–water partition coefficient (Wildman–Crippen LogP) is 2.51. The number of halogens is 2. The Morgan fingerprint density at radius 1 is 1.37 bits per heavy atom. The van der Waals surface area contributed by atoms with Gasteiger partial charge in [0.1, 0.15) is 6.61 Å². The van der Waals surface area contributed by atoms with Crippen molar-refractivity contribution < 1.29 is 19.1 Å². The van der Waals surface area contributed by atoms with E-state index in [1.807, 2.05) is 0 Å². The van der Waals surface area contributed by atoms with Crippen LogP contribution in [0.4, 0.5) is 5.69 Å². The fraction of sp³-hybridized carbons (Fsp3) is 0.333. The molecule has 7 heteroatoms. The minimum absolute atomic E-state index is 0.209. The normalized spacial score (nSPS) is 11.8. The summed E-state index contributed by atoms with van der Waals surface area (Å²) in [5, 5.41) is 3.30. The van der Waals surface area contributed by atoms with Crippen molar-refractivity contribution in [2.45, 2.75) is 13.0 Å². The molecule has 0 aliphatic rings. The highest BCUT2D eigenvalue weighted by atomic mass is 35.5. The van der Waals surface area contributed by atoms with Crippen LogP contribution in [-0.4, -0.2) is 31.7 Å². The second-order valence-corrected chi connectivity index (χ2v) is 4.52.